The molecule has 0 aromatic heterocycles. The van der Waals surface area contributed by atoms with Gasteiger partial charge in [-0.1, -0.05) is 54.6 Å². The van der Waals surface area contributed by atoms with Crippen LogP contribution in [0.4, 0.5) is 0 Å². The van der Waals surface area contributed by atoms with Crippen molar-refractivity contribution in [2.24, 2.45) is 5.92 Å². The van der Waals surface area contributed by atoms with Crippen molar-refractivity contribution in [1.29, 1.82) is 0 Å². The second kappa shape index (κ2) is 7.30. The Morgan fingerprint density at radius 3 is 2.34 bits per heavy atom. The zero-order chi connectivity index (χ0) is 20.0. The minimum atomic E-state index is -0.198. The summed E-state index contributed by atoms with van der Waals surface area (Å²) in [7, 11) is 0. The molecule has 0 bridgehead atoms. The molecule has 150 valence electrons. The number of aliphatic hydroxyl groups excluding tert-OH is 1. The molecule has 2 aliphatic heterocycles. The highest BCUT2D eigenvalue weighted by Crippen LogP contribution is 2.43. The summed E-state index contributed by atoms with van der Waals surface area (Å²) >= 11 is 0. The predicted octanol–water partition coefficient (Wildman–Crippen LogP) is 2.65. The van der Waals surface area contributed by atoms with Crippen LogP contribution < -0.4 is 0 Å². The average Bonchev–Trinajstić information content (AvgIpc) is 3.54. The smallest absolute Gasteiger partial charge is 0.242 e. The van der Waals surface area contributed by atoms with Crippen molar-refractivity contribution in [2.45, 2.75) is 37.3 Å². The van der Waals surface area contributed by atoms with Gasteiger partial charge in [0, 0.05) is 18.9 Å². The Labute approximate surface area is 170 Å². The summed E-state index contributed by atoms with van der Waals surface area (Å²) in [6.07, 6.45) is 2.83. The first-order valence-electron chi connectivity index (χ1n) is 10.5. The summed E-state index contributed by atoms with van der Waals surface area (Å²) in [5.74, 6) is 0.640. The van der Waals surface area contributed by atoms with Crippen LogP contribution in [0.15, 0.2) is 54.6 Å². The number of carbonyl (C=O) groups is 2. The lowest BCUT2D eigenvalue weighted by Crippen LogP contribution is -2.73. The largest absolute Gasteiger partial charge is 0.394 e. The van der Waals surface area contributed by atoms with Crippen LogP contribution in [0.2, 0.25) is 0 Å². The van der Waals surface area contributed by atoms with E-state index < -0.39 is 0 Å². The number of carbonyl (C=O) groups excluding carboxylic acids is 2. The van der Waals surface area contributed by atoms with E-state index in [9.17, 15) is 14.7 Å². The molecule has 2 saturated heterocycles. The second-order valence-electron chi connectivity index (χ2n) is 8.55. The van der Waals surface area contributed by atoms with Gasteiger partial charge in [0.1, 0.15) is 0 Å². The number of amides is 2. The van der Waals surface area contributed by atoms with Gasteiger partial charge in [-0.25, -0.2) is 0 Å². The number of rotatable bonds is 5. The van der Waals surface area contributed by atoms with Crippen LogP contribution in [-0.2, 0) is 9.59 Å². The van der Waals surface area contributed by atoms with Crippen LogP contribution >= 0.6 is 0 Å². The number of fused-ring (bicyclic) bond motifs is 1. The van der Waals surface area contributed by atoms with E-state index in [-0.39, 0.29) is 43.0 Å². The van der Waals surface area contributed by atoms with Crippen LogP contribution in [0.25, 0.3) is 11.1 Å². The first-order valence-corrected chi connectivity index (χ1v) is 10.5. The van der Waals surface area contributed by atoms with E-state index in [1.165, 1.54) is 0 Å². The van der Waals surface area contributed by atoms with Gasteiger partial charge in [-0.3, -0.25) is 9.59 Å². The zero-order valence-corrected chi connectivity index (χ0v) is 16.4. The number of piperazine rings is 1. The molecule has 1 N–H and O–H groups in total. The molecule has 0 unspecified atom stereocenters. The molecule has 2 amide bonds. The van der Waals surface area contributed by atoms with Gasteiger partial charge in [0.2, 0.25) is 11.8 Å². The van der Waals surface area contributed by atoms with Crippen LogP contribution in [0.1, 0.15) is 30.7 Å². The van der Waals surface area contributed by atoms with E-state index in [1.54, 1.807) is 9.80 Å². The summed E-state index contributed by atoms with van der Waals surface area (Å²) in [6, 6.07) is 18.4. The Balaban J connectivity index is 1.36. The van der Waals surface area contributed by atoms with E-state index in [2.05, 4.69) is 36.4 Å². The molecule has 0 radical (unpaired) electrons. The Morgan fingerprint density at radius 2 is 1.69 bits per heavy atom. The maximum Gasteiger partial charge on any atom is 0.242 e. The van der Waals surface area contributed by atoms with Crippen LogP contribution in [-0.4, -0.2) is 58.5 Å². The fourth-order valence-electron chi connectivity index (χ4n) is 4.92. The number of nitrogens with zero attached hydrogens (tertiary/aromatic N) is 2. The Bertz CT molecular complexity index is 907. The summed E-state index contributed by atoms with van der Waals surface area (Å²) < 4.78 is 0. The number of benzene rings is 2. The third kappa shape index (κ3) is 3.33. The Morgan fingerprint density at radius 1 is 1.00 bits per heavy atom. The summed E-state index contributed by atoms with van der Waals surface area (Å²) in [6.45, 7) is 0.667. The number of hydrogen-bond acceptors (Lipinski definition) is 3. The van der Waals surface area contributed by atoms with Crippen molar-refractivity contribution in [2.75, 3.05) is 19.7 Å². The van der Waals surface area contributed by atoms with E-state index in [1.807, 2.05) is 18.2 Å². The lowest BCUT2D eigenvalue weighted by molar-refractivity contribution is -0.167. The molecule has 2 aromatic carbocycles. The molecule has 29 heavy (non-hydrogen) atoms. The van der Waals surface area contributed by atoms with Gasteiger partial charge in [-0.05, 0) is 35.4 Å². The maximum atomic E-state index is 12.7. The summed E-state index contributed by atoms with van der Waals surface area (Å²) in [4.78, 5) is 28.8. The fourth-order valence-corrected chi connectivity index (χ4v) is 4.92. The van der Waals surface area contributed by atoms with Crippen molar-refractivity contribution >= 4 is 11.8 Å². The molecule has 1 saturated carbocycles. The average molecular weight is 390 g/mol. The topological polar surface area (TPSA) is 60.9 Å². The standard InChI is InChI=1S/C24H26N2O3/c27-15-21-24(19-10-8-18(9-11-19)17-4-2-1-3-5-17)20-13-25(14-23(29)26(20)21)22(28)12-16-6-7-16/h1-5,8-11,16,20-21,24,27H,6-7,12-15H2/t20-,21+,24-/m1/s1. The first kappa shape index (κ1) is 18.4. The van der Waals surface area contributed by atoms with Gasteiger partial charge in [0.25, 0.3) is 0 Å². The normalized spacial score (nSPS) is 26.1. The Hall–Kier alpha value is -2.66. The Kier molecular flexibility index (Phi) is 4.63. The molecule has 2 heterocycles. The monoisotopic (exact) mass is 390 g/mol. The number of aliphatic hydroxyl groups is 1. The van der Waals surface area contributed by atoms with E-state index in [0.29, 0.717) is 18.9 Å². The van der Waals surface area contributed by atoms with Crippen molar-refractivity contribution in [3.63, 3.8) is 0 Å². The quantitative estimate of drug-likeness (QED) is 0.854. The second-order valence-corrected chi connectivity index (χ2v) is 8.55. The van der Waals surface area contributed by atoms with Crippen LogP contribution in [0.3, 0.4) is 0 Å². The molecule has 2 aromatic rings. The zero-order valence-electron chi connectivity index (χ0n) is 16.4. The van der Waals surface area contributed by atoms with Crippen molar-refractivity contribution in [1.82, 2.24) is 9.80 Å². The SMILES string of the molecule is O=C(CC1CC1)N1CC(=O)N2[C@H](C1)[C@@H](c1ccc(-c3ccccc3)cc1)[C@@H]2CO. The molecule has 0 spiro atoms. The van der Waals surface area contributed by atoms with Crippen molar-refractivity contribution in [3.05, 3.63) is 60.2 Å². The maximum absolute atomic E-state index is 12.7. The molecule has 3 atom stereocenters. The molecular formula is C24H26N2O3. The van der Waals surface area contributed by atoms with Crippen LogP contribution in [0.5, 0.6) is 0 Å². The van der Waals surface area contributed by atoms with E-state index in [4.69, 9.17) is 0 Å². The highest BCUT2D eigenvalue weighted by molar-refractivity contribution is 5.88. The first-order chi connectivity index (χ1) is 14.2. The highest BCUT2D eigenvalue weighted by atomic mass is 16.3. The third-order valence-electron chi connectivity index (χ3n) is 6.67. The molecule has 5 nitrogen and oxygen atoms in total. The van der Waals surface area contributed by atoms with Gasteiger partial charge >= 0.3 is 0 Å². The summed E-state index contributed by atoms with van der Waals surface area (Å²) in [5, 5.41) is 9.93. The van der Waals surface area contributed by atoms with Crippen molar-refractivity contribution in [3.8, 4) is 11.1 Å². The number of hydrogen-bond donors (Lipinski definition) is 1. The lowest BCUT2D eigenvalue weighted by atomic mass is 9.73. The molecule has 5 rings (SSSR count). The van der Waals surface area contributed by atoms with Crippen LogP contribution in [0, 0.1) is 5.92 Å². The van der Waals surface area contributed by atoms with Gasteiger partial charge < -0.3 is 14.9 Å². The molecule has 3 fully saturated rings. The summed E-state index contributed by atoms with van der Waals surface area (Å²) in [5.41, 5.74) is 3.43. The molecule has 3 aliphatic rings. The van der Waals surface area contributed by atoms with Gasteiger partial charge in [-0.2, -0.15) is 0 Å². The highest BCUT2D eigenvalue weighted by Gasteiger charge is 2.54. The predicted molar refractivity (Wildman–Crippen MR) is 110 cm³/mol. The third-order valence-corrected chi connectivity index (χ3v) is 6.67. The molecular weight excluding hydrogens is 364 g/mol. The van der Waals surface area contributed by atoms with Gasteiger partial charge in [0.05, 0.1) is 25.2 Å². The van der Waals surface area contributed by atoms with Gasteiger partial charge in [-0.15, -0.1) is 0 Å². The minimum absolute atomic E-state index is 0.0402. The van der Waals surface area contributed by atoms with Crippen molar-refractivity contribution < 1.29 is 14.7 Å². The minimum Gasteiger partial charge on any atom is -0.394 e. The fraction of sp³-hybridized carbons (Fsp3) is 0.417. The van der Waals surface area contributed by atoms with Gasteiger partial charge in [0.15, 0.2) is 0 Å². The lowest BCUT2D eigenvalue weighted by Gasteiger charge is -2.58. The molecule has 1 aliphatic carbocycles. The van der Waals surface area contributed by atoms with E-state index >= 15 is 0 Å². The molecule has 5 heteroatoms. The van der Waals surface area contributed by atoms with E-state index in [0.717, 1.165) is 29.5 Å².